The van der Waals surface area contributed by atoms with Crippen LogP contribution in [0.5, 0.6) is 0 Å². The first-order chi connectivity index (χ1) is 7.99. The van der Waals surface area contributed by atoms with Gasteiger partial charge >= 0.3 is 0 Å². The topological polar surface area (TPSA) is 69.2 Å². The first-order valence-corrected chi connectivity index (χ1v) is 5.54. The van der Waals surface area contributed by atoms with E-state index in [0.717, 1.165) is 11.3 Å². The van der Waals surface area contributed by atoms with Crippen molar-refractivity contribution in [2.24, 2.45) is 5.92 Å². The van der Waals surface area contributed by atoms with E-state index in [2.05, 4.69) is 5.32 Å². The second-order valence-electron chi connectivity index (χ2n) is 4.25. The molecule has 1 N–H and O–H groups in total. The van der Waals surface area contributed by atoms with Crippen LogP contribution in [0.15, 0.2) is 24.3 Å². The Morgan fingerprint density at radius 1 is 1.29 bits per heavy atom. The molecule has 4 nitrogen and oxygen atoms in total. The van der Waals surface area contributed by atoms with Crippen molar-refractivity contribution in [1.29, 1.82) is 0 Å². The SMILES string of the molecule is Cc1ccccc1NC(=O)C[C@@H](C)CC(=O)[O-]. The predicted octanol–water partition coefficient (Wildman–Crippen LogP) is 1.10. The van der Waals surface area contributed by atoms with Crippen molar-refractivity contribution in [3.05, 3.63) is 29.8 Å². The van der Waals surface area contributed by atoms with E-state index in [1.54, 1.807) is 6.92 Å². The average molecular weight is 234 g/mol. The summed E-state index contributed by atoms with van der Waals surface area (Å²) in [6, 6.07) is 7.45. The van der Waals surface area contributed by atoms with Crippen LogP contribution >= 0.6 is 0 Å². The number of benzene rings is 1. The number of carboxylic acids is 1. The summed E-state index contributed by atoms with van der Waals surface area (Å²) in [7, 11) is 0. The Morgan fingerprint density at radius 2 is 1.94 bits per heavy atom. The molecule has 0 unspecified atom stereocenters. The van der Waals surface area contributed by atoms with Crippen LogP contribution in [-0.4, -0.2) is 11.9 Å². The van der Waals surface area contributed by atoms with E-state index in [-0.39, 0.29) is 24.7 Å². The lowest BCUT2D eigenvalue weighted by Crippen LogP contribution is -2.26. The van der Waals surface area contributed by atoms with Crippen molar-refractivity contribution in [2.75, 3.05) is 5.32 Å². The molecule has 0 aliphatic heterocycles. The summed E-state index contributed by atoms with van der Waals surface area (Å²) in [5.74, 6) is -1.52. The van der Waals surface area contributed by atoms with Gasteiger partial charge in [0.05, 0.1) is 0 Å². The minimum Gasteiger partial charge on any atom is -0.550 e. The minimum atomic E-state index is -1.12. The van der Waals surface area contributed by atoms with Gasteiger partial charge < -0.3 is 15.2 Å². The van der Waals surface area contributed by atoms with E-state index in [4.69, 9.17) is 0 Å². The molecular formula is C13H16NO3-. The number of carboxylic acid groups (broad SMARTS) is 1. The highest BCUT2D eigenvalue weighted by Crippen LogP contribution is 2.15. The Labute approximate surface area is 101 Å². The molecule has 0 fully saturated rings. The zero-order valence-corrected chi connectivity index (χ0v) is 10.0. The van der Waals surface area contributed by atoms with Crippen molar-refractivity contribution in [2.45, 2.75) is 26.7 Å². The van der Waals surface area contributed by atoms with Gasteiger partial charge in [-0.05, 0) is 30.9 Å². The van der Waals surface area contributed by atoms with Gasteiger partial charge in [-0.25, -0.2) is 0 Å². The molecule has 0 aliphatic rings. The molecule has 0 saturated heterocycles. The first-order valence-electron chi connectivity index (χ1n) is 5.54. The second kappa shape index (κ2) is 6.03. The van der Waals surface area contributed by atoms with Crippen LogP contribution in [0.2, 0.25) is 0 Å². The summed E-state index contributed by atoms with van der Waals surface area (Å²) in [6.45, 7) is 3.62. The number of aryl methyl sites for hydroxylation is 1. The molecule has 1 aromatic carbocycles. The number of hydrogen-bond acceptors (Lipinski definition) is 3. The van der Waals surface area contributed by atoms with E-state index in [9.17, 15) is 14.7 Å². The maximum atomic E-state index is 11.6. The zero-order chi connectivity index (χ0) is 12.8. The number of nitrogens with one attached hydrogen (secondary N) is 1. The van der Waals surface area contributed by atoms with Crippen molar-refractivity contribution < 1.29 is 14.7 Å². The molecule has 0 radical (unpaired) electrons. The Hall–Kier alpha value is -1.84. The Balaban J connectivity index is 2.50. The van der Waals surface area contributed by atoms with Crippen LogP contribution in [0.25, 0.3) is 0 Å². The fourth-order valence-electron chi connectivity index (χ4n) is 1.59. The first kappa shape index (κ1) is 13.2. The van der Waals surface area contributed by atoms with Gasteiger partial charge in [-0.2, -0.15) is 0 Å². The Bertz CT molecular complexity index is 415. The summed E-state index contributed by atoms with van der Waals surface area (Å²) in [5, 5.41) is 13.1. The number of carbonyl (C=O) groups is 2. The summed E-state index contributed by atoms with van der Waals surface area (Å²) < 4.78 is 0. The number of anilines is 1. The van der Waals surface area contributed by atoms with Crippen molar-refractivity contribution in [3.63, 3.8) is 0 Å². The minimum absolute atomic E-state index is 0.0960. The molecule has 0 spiro atoms. The molecule has 17 heavy (non-hydrogen) atoms. The van der Waals surface area contributed by atoms with Gasteiger partial charge in [0.15, 0.2) is 0 Å². The normalized spacial score (nSPS) is 11.9. The summed E-state index contributed by atoms with van der Waals surface area (Å²) >= 11 is 0. The zero-order valence-electron chi connectivity index (χ0n) is 10.0. The van der Waals surface area contributed by atoms with Crippen LogP contribution in [0.1, 0.15) is 25.3 Å². The maximum absolute atomic E-state index is 11.6. The summed E-state index contributed by atoms with van der Waals surface area (Å²) in [6.07, 6.45) is 0.0868. The third-order valence-electron chi connectivity index (χ3n) is 2.47. The molecule has 1 atom stereocenters. The average Bonchev–Trinajstić information content (AvgIpc) is 2.19. The van der Waals surface area contributed by atoms with E-state index in [1.165, 1.54) is 0 Å². The van der Waals surface area contributed by atoms with Gasteiger partial charge in [0.1, 0.15) is 0 Å². The Morgan fingerprint density at radius 3 is 2.53 bits per heavy atom. The highest BCUT2D eigenvalue weighted by atomic mass is 16.4. The molecule has 1 rings (SSSR count). The summed E-state index contributed by atoms with van der Waals surface area (Å²) in [4.78, 5) is 22.0. The van der Waals surface area contributed by atoms with Crippen LogP contribution in [0.4, 0.5) is 5.69 Å². The van der Waals surface area contributed by atoms with E-state index >= 15 is 0 Å². The number of amides is 1. The number of hydrogen-bond donors (Lipinski definition) is 1. The third-order valence-corrected chi connectivity index (χ3v) is 2.47. The fourth-order valence-corrected chi connectivity index (χ4v) is 1.59. The van der Waals surface area contributed by atoms with Gasteiger partial charge in [0.2, 0.25) is 5.91 Å². The molecule has 1 aromatic rings. The molecule has 0 saturated carbocycles. The predicted molar refractivity (Wildman–Crippen MR) is 63.2 cm³/mol. The lowest BCUT2D eigenvalue weighted by molar-refractivity contribution is -0.306. The molecule has 0 heterocycles. The lowest BCUT2D eigenvalue weighted by Gasteiger charge is -2.13. The van der Waals surface area contributed by atoms with E-state index in [1.807, 2.05) is 31.2 Å². The summed E-state index contributed by atoms with van der Waals surface area (Å²) in [5.41, 5.74) is 1.74. The maximum Gasteiger partial charge on any atom is 0.224 e. The number of carbonyl (C=O) groups excluding carboxylic acids is 2. The van der Waals surface area contributed by atoms with Crippen LogP contribution < -0.4 is 10.4 Å². The van der Waals surface area contributed by atoms with Gasteiger partial charge in [-0.3, -0.25) is 4.79 Å². The van der Waals surface area contributed by atoms with Crippen LogP contribution in [0.3, 0.4) is 0 Å². The highest BCUT2D eigenvalue weighted by Gasteiger charge is 2.10. The Kier molecular flexibility index (Phi) is 4.69. The molecule has 4 heteroatoms. The monoisotopic (exact) mass is 234 g/mol. The third kappa shape index (κ3) is 4.68. The molecule has 0 aliphatic carbocycles. The van der Waals surface area contributed by atoms with E-state index < -0.39 is 5.97 Å². The smallest absolute Gasteiger partial charge is 0.224 e. The van der Waals surface area contributed by atoms with Gasteiger partial charge in [0.25, 0.3) is 0 Å². The molecule has 92 valence electrons. The lowest BCUT2D eigenvalue weighted by atomic mass is 10.0. The highest BCUT2D eigenvalue weighted by molar-refractivity contribution is 5.91. The number of para-hydroxylation sites is 1. The van der Waals surface area contributed by atoms with Crippen molar-refractivity contribution in [3.8, 4) is 0 Å². The largest absolute Gasteiger partial charge is 0.550 e. The molecule has 1 amide bonds. The fraction of sp³-hybridized carbons (Fsp3) is 0.385. The van der Waals surface area contributed by atoms with Gasteiger partial charge in [0, 0.05) is 18.1 Å². The standard InChI is InChI=1S/C13H17NO3/c1-9(8-13(16)17)7-12(15)14-11-6-4-3-5-10(11)2/h3-6,9H,7-8H2,1-2H3,(H,14,15)(H,16,17)/p-1/t9-/m1/s1. The second-order valence-corrected chi connectivity index (χ2v) is 4.25. The van der Waals surface area contributed by atoms with Crippen molar-refractivity contribution >= 4 is 17.6 Å². The van der Waals surface area contributed by atoms with Crippen LogP contribution in [0, 0.1) is 12.8 Å². The molecule has 0 aromatic heterocycles. The van der Waals surface area contributed by atoms with Crippen LogP contribution in [-0.2, 0) is 9.59 Å². The van der Waals surface area contributed by atoms with E-state index in [0.29, 0.717) is 0 Å². The molecule has 0 bridgehead atoms. The number of aliphatic carboxylic acids is 1. The van der Waals surface area contributed by atoms with Gasteiger partial charge in [-0.15, -0.1) is 0 Å². The van der Waals surface area contributed by atoms with Crippen molar-refractivity contribution in [1.82, 2.24) is 0 Å². The van der Waals surface area contributed by atoms with Gasteiger partial charge in [-0.1, -0.05) is 25.1 Å². The quantitative estimate of drug-likeness (QED) is 0.829. The number of rotatable bonds is 5. The molecular weight excluding hydrogens is 218 g/mol.